The molecule has 2 rings (SSSR count). The van der Waals surface area contributed by atoms with Crippen LogP contribution < -0.4 is 10.2 Å². The fourth-order valence-corrected chi connectivity index (χ4v) is 2.37. The molecule has 0 aromatic heterocycles. The van der Waals surface area contributed by atoms with Gasteiger partial charge in [-0.2, -0.15) is 0 Å². The molecule has 1 aromatic carbocycles. The van der Waals surface area contributed by atoms with Crippen LogP contribution in [0.3, 0.4) is 0 Å². The lowest BCUT2D eigenvalue weighted by Gasteiger charge is -2.35. The number of nitrogens with one attached hydrogen (secondary N) is 1. The number of carbonyl (C=O) groups is 2. The van der Waals surface area contributed by atoms with Crippen molar-refractivity contribution < 1.29 is 9.59 Å². The maximum absolute atomic E-state index is 12.1. The molecule has 0 spiro atoms. The fraction of sp³-hybridized carbons (Fsp3) is 0.429. The molecular formula is C14H18N2O2. The Morgan fingerprint density at radius 3 is 2.67 bits per heavy atom. The quantitative estimate of drug-likeness (QED) is 0.878. The van der Waals surface area contributed by atoms with Gasteiger partial charge in [-0.3, -0.25) is 14.5 Å². The number of hydrogen-bond acceptors (Lipinski definition) is 2. The van der Waals surface area contributed by atoms with Gasteiger partial charge in [0.1, 0.15) is 6.04 Å². The summed E-state index contributed by atoms with van der Waals surface area (Å²) < 4.78 is 0. The highest BCUT2D eigenvalue weighted by atomic mass is 16.2. The number of hydrogen-bond donors (Lipinski definition) is 1. The molecular weight excluding hydrogens is 228 g/mol. The number of rotatable bonds is 3. The third kappa shape index (κ3) is 2.10. The van der Waals surface area contributed by atoms with Crippen molar-refractivity contribution in [3.63, 3.8) is 0 Å². The van der Waals surface area contributed by atoms with Crippen LogP contribution in [-0.2, 0) is 16.0 Å². The summed E-state index contributed by atoms with van der Waals surface area (Å²) in [6, 6.07) is 7.39. The Morgan fingerprint density at radius 1 is 1.28 bits per heavy atom. The minimum Gasteiger partial charge on any atom is -0.345 e. The molecule has 1 atom stereocenters. The van der Waals surface area contributed by atoms with Crippen molar-refractivity contribution in [2.24, 2.45) is 0 Å². The lowest BCUT2D eigenvalue weighted by molar-refractivity contribution is -0.131. The molecule has 1 N–H and O–H groups in total. The zero-order valence-electron chi connectivity index (χ0n) is 10.8. The number of aryl methyl sites for hydroxylation is 1. The average molecular weight is 246 g/mol. The highest BCUT2D eigenvalue weighted by Gasteiger charge is 2.34. The summed E-state index contributed by atoms with van der Waals surface area (Å²) in [6.07, 6.45) is 1.47. The molecule has 1 saturated heterocycles. The van der Waals surface area contributed by atoms with E-state index < -0.39 is 0 Å². The van der Waals surface area contributed by atoms with E-state index in [1.165, 1.54) is 0 Å². The van der Waals surface area contributed by atoms with Crippen molar-refractivity contribution in [3.8, 4) is 0 Å². The first-order valence-corrected chi connectivity index (χ1v) is 6.36. The van der Waals surface area contributed by atoms with Crippen LogP contribution in [0.25, 0.3) is 0 Å². The number of amides is 2. The molecule has 0 saturated carbocycles. The second kappa shape index (κ2) is 5.21. The summed E-state index contributed by atoms with van der Waals surface area (Å²) in [5.41, 5.74) is 1.96. The van der Waals surface area contributed by atoms with Crippen molar-refractivity contribution >= 4 is 17.5 Å². The van der Waals surface area contributed by atoms with Crippen LogP contribution in [0.2, 0.25) is 0 Å². The van der Waals surface area contributed by atoms with Gasteiger partial charge in [-0.05, 0) is 24.5 Å². The minimum atomic E-state index is -0.390. The Morgan fingerprint density at radius 2 is 2.00 bits per heavy atom. The summed E-state index contributed by atoms with van der Waals surface area (Å²) in [5, 5.41) is 2.64. The highest BCUT2D eigenvalue weighted by Crippen LogP contribution is 2.25. The molecule has 1 heterocycles. The van der Waals surface area contributed by atoms with Gasteiger partial charge in [-0.15, -0.1) is 0 Å². The molecule has 18 heavy (non-hydrogen) atoms. The van der Waals surface area contributed by atoms with Gasteiger partial charge in [0.15, 0.2) is 0 Å². The van der Waals surface area contributed by atoms with Crippen LogP contribution in [0.4, 0.5) is 5.69 Å². The van der Waals surface area contributed by atoms with Gasteiger partial charge in [0.2, 0.25) is 11.8 Å². The van der Waals surface area contributed by atoms with Gasteiger partial charge >= 0.3 is 0 Å². The summed E-state index contributed by atoms with van der Waals surface area (Å²) in [6.45, 7) is 4.06. The van der Waals surface area contributed by atoms with Crippen LogP contribution in [0.15, 0.2) is 24.3 Å². The van der Waals surface area contributed by atoms with Crippen LogP contribution >= 0.6 is 0 Å². The van der Waals surface area contributed by atoms with E-state index in [0.717, 1.165) is 17.7 Å². The summed E-state index contributed by atoms with van der Waals surface area (Å²) in [5.74, 6) is -0.106. The predicted octanol–water partition coefficient (Wildman–Crippen LogP) is 1.49. The Hall–Kier alpha value is -1.84. The molecule has 96 valence electrons. The number of para-hydroxylation sites is 1. The Balaban J connectivity index is 2.44. The van der Waals surface area contributed by atoms with E-state index >= 15 is 0 Å². The first kappa shape index (κ1) is 12.6. The van der Waals surface area contributed by atoms with E-state index in [2.05, 4.69) is 5.32 Å². The normalized spacial score (nSPS) is 19.9. The molecule has 1 unspecified atom stereocenters. The molecule has 1 aliphatic heterocycles. The summed E-state index contributed by atoms with van der Waals surface area (Å²) >= 11 is 0. The summed E-state index contributed by atoms with van der Waals surface area (Å²) in [4.78, 5) is 25.6. The first-order valence-electron chi connectivity index (χ1n) is 6.36. The van der Waals surface area contributed by atoms with Gasteiger partial charge in [0.05, 0.1) is 6.54 Å². The largest absolute Gasteiger partial charge is 0.345 e. The SMILES string of the molecule is CCc1ccccc1N1C(=O)CNC(=O)C1CC. The van der Waals surface area contributed by atoms with Crippen LogP contribution in [0, 0.1) is 0 Å². The second-order valence-corrected chi connectivity index (χ2v) is 4.39. The van der Waals surface area contributed by atoms with Crippen LogP contribution in [-0.4, -0.2) is 24.4 Å². The Bertz CT molecular complexity index is 471. The molecule has 1 fully saturated rings. The van der Waals surface area contributed by atoms with Gasteiger partial charge in [-0.1, -0.05) is 32.0 Å². The second-order valence-electron chi connectivity index (χ2n) is 4.39. The number of benzene rings is 1. The fourth-order valence-electron chi connectivity index (χ4n) is 2.37. The predicted molar refractivity (Wildman–Crippen MR) is 70.4 cm³/mol. The number of piperazine rings is 1. The number of carbonyl (C=O) groups excluding carboxylic acids is 2. The zero-order chi connectivity index (χ0) is 13.1. The van der Waals surface area contributed by atoms with E-state index in [9.17, 15) is 9.59 Å². The van der Waals surface area contributed by atoms with Gasteiger partial charge < -0.3 is 5.32 Å². The average Bonchev–Trinajstić information content (AvgIpc) is 2.41. The van der Waals surface area contributed by atoms with Crippen LogP contribution in [0.5, 0.6) is 0 Å². The Kier molecular flexibility index (Phi) is 3.65. The lowest BCUT2D eigenvalue weighted by atomic mass is 10.0. The number of anilines is 1. The molecule has 0 bridgehead atoms. The highest BCUT2D eigenvalue weighted by molar-refractivity contribution is 6.06. The van der Waals surface area contributed by atoms with Gasteiger partial charge in [0.25, 0.3) is 0 Å². The smallest absolute Gasteiger partial charge is 0.247 e. The van der Waals surface area contributed by atoms with Gasteiger partial charge in [-0.25, -0.2) is 0 Å². The topological polar surface area (TPSA) is 49.4 Å². The molecule has 0 aliphatic carbocycles. The van der Waals surface area contributed by atoms with Crippen molar-refractivity contribution in [1.29, 1.82) is 0 Å². The maximum Gasteiger partial charge on any atom is 0.247 e. The van der Waals surface area contributed by atoms with E-state index in [1.54, 1.807) is 4.90 Å². The minimum absolute atomic E-state index is 0.0395. The Labute approximate surface area is 107 Å². The maximum atomic E-state index is 12.1. The molecule has 4 nitrogen and oxygen atoms in total. The van der Waals surface area contributed by atoms with E-state index in [-0.39, 0.29) is 24.4 Å². The first-order chi connectivity index (χ1) is 8.69. The standard InChI is InChI=1S/C14H18N2O2/c1-3-10-7-5-6-8-12(10)16-11(4-2)14(18)15-9-13(16)17/h5-8,11H,3-4,9H2,1-2H3,(H,15,18). The van der Waals surface area contributed by atoms with E-state index in [4.69, 9.17) is 0 Å². The van der Waals surface area contributed by atoms with E-state index in [1.807, 2.05) is 38.1 Å². The summed E-state index contributed by atoms with van der Waals surface area (Å²) in [7, 11) is 0. The molecule has 0 radical (unpaired) electrons. The van der Waals surface area contributed by atoms with Crippen molar-refractivity contribution in [2.75, 3.05) is 11.4 Å². The number of nitrogens with zero attached hydrogens (tertiary/aromatic N) is 1. The monoisotopic (exact) mass is 246 g/mol. The van der Waals surface area contributed by atoms with Gasteiger partial charge in [0, 0.05) is 5.69 Å². The van der Waals surface area contributed by atoms with E-state index in [0.29, 0.717) is 6.42 Å². The zero-order valence-corrected chi connectivity index (χ0v) is 10.8. The van der Waals surface area contributed by atoms with Crippen molar-refractivity contribution in [1.82, 2.24) is 5.32 Å². The molecule has 4 heteroatoms. The molecule has 2 amide bonds. The third-order valence-corrected chi connectivity index (χ3v) is 3.32. The van der Waals surface area contributed by atoms with Crippen molar-refractivity contribution in [3.05, 3.63) is 29.8 Å². The molecule has 1 aromatic rings. The van der Waals surface area contributed by atoms with Crippen LogP contribution in [0.1, 0.15) is 25.8 Å². The third-order valence-electron chi connectivity index (χ3n) is 3.32. The lowest BCUT2D eigenvalue weighted by Crippen LogP contribution is -2.58. The molecule has 1 aliphatic rings. The van der Waals surface area contributed by atoms with Crippen molar-refractivity contribution in [2.45, 2.75) is 32.7 Å².